The highest BCUT2D eigenvalue weighted by molar-refractivity contribution is 6.35. The molecule has 1 heterocycles. The quantitative estimate of drug-likeness (QED) is 0.753. The molecule has 0 saturated carbocycles. The first-order valence-corrected chi connectivity index (χ1v) is 7.98. The van der Waals surface area contributed by atoms with E-state index in [2.05, 4.69) is 4.98 Å². The first-order chi connectivity index (χ1) is 11.0. The SMILES string of the molecule is Cc1nc2ccccc2n1C[C@H](O)COc1ccc(Cl)cc1Cl. The van der Waals surface area contributed by atoms with Crippen molar-refractivity contribution in [3.8, 4) is 5.75 Å². The number of rotatable bonds is 5. The van der Waals surface area contributed by atoms with Crippen LogP contribution < -0.4 is 4.74 Å². The molecular weight excluding hydrogens is 335 g/mol. The van der Waals surface area contributed by atoms with Gasteiger partial charge < -0.3 is 14.4 Å². The number of hydrogen-bond donors (Lipinski definition) is 1. The summed E-state index contributed by atoms with van der Waals surface area (Å²) in [7, 11) is 0. The Morgan fingerprint density at radius 3 is 2.78 bits per heavy atom. The Morgan fingerprint density at radius 1 is 1.22 bits per heavy atom. The molecule has 0 fully saturated rings. The number of aryl methyl sites for hydroxylation is 1. The highest BCUT2D eigenvalue weighted by Gasteiger charge is 2.13. The zero-order chi connectivity index (χ0) is 16.4. The van der Waals surface area contributed by atoms with Crippen molar-refractivity contribution in [1.29, 1.82) is 0 Å². The van der Waals surface area contributed by atoms with E-state index in [1.165, 1.54) is 0 Å². The lowest BCUT2D eigenvalue weighted by atomic mass is 10.3. The Kier molecular flexibility index (Phi) is 4.76. The van der Waals surface area contributed by atoms with Crippen LogP contribution in [0, 0.1) is 6.92 Å². The van der Waals surface area contributed by atoms with Gasteiger partial charge >= 0.3 is 0 Å². The molecule has 0 spiro atoms. The molecule has 2 aromatic carbocycles. The number of para-hydroxylation sites is 2. The van der Waals surface area contributed by atoms with Crippen LogP contribution in [0.2, 0.25) is 10.0 Å². The van der Waals surface area contributed by atoms with E-state index in [0.717, 1.165) is 16.9 Å². The lowest BCUT2D eigenvalue weighted by molar-refractivity contribution is 0.0930. The molecule has 0 aliphatic carbocycles. The summed E-state index contributed by atoms with van der Waals surface area (Å²) in [5.74, 6) is 1.36. The second kappa shape index (κ2) is 6.79. The summed E-state index contributed by atoms with van der Waals surface area (Å²) >= 11 is 11.9. The normalized spacial score (nSPS) is 12.5. The van der Waals surface area contributed by atoms with Crippen LogP contribution in [0.25, 0.3) is 11.0 Å². The molecule has 0 unspecified atom stereocenters. The third kappa shape index (κ3) is 3.61. The number of imidazole rings is 1. The van der Waals surface area contributed by atoms with E-state index >= 15 is 0 Å². The predicted octanol–water partition coefficient (Wildman–Crippen LogP) is 4.09. The van der Waals surface area contributed by atoms with Gasteiger partial charge in [-0.2, -0.15) is 0 Å². The van der Waals surface area contributed by atoms with E-state index in [1.54, 1.807) is 18.2 Å². The van der Waals surface area contributed by atoms with Crippen LogP contribution in [0.3, 0.4) is 0 Å². The molecule has 0 aliphatic heterocycles. The van der Waals surface area contributed by atoms with Gasteiger partial charge in [-0.1, -0.05) is 35.3 Å². The van der Waals surface area contributed by atoms with E-state index in [0.29, 0.717) is 22.3 Å². The van der Waals surface area contributed by atoms with Crippen molar-refractivity contribution in [2.24, 2.45) is 0 Å². The van der Waals surface area contributed by atoms with Gasteiger partial charge in [-0.05, 0) is 37.3 Å². The fourth-order valence-electron chi connectivity index (χ4n) is 2.47. The fourth-order valence-corrected chi connectivity index (χ4v) is 2.93. The summed E-state index contributed by atoms with van der Waals surface area (Å²) in [6, 6.07) is 12.8. The number of ether oxygens (including phenoxy) is 1. The van der Waals surface area contributed by atoms with Gasteiger partial charge in [0.05, 0.1) is 22.6 Å². The van der Waals surface area contributed by atoms with Crippen molar-refractivity contribution in [3.05, 3.63) is 58.3 Å². The molecule has 120 valence electrons. The lowest BCUT2D eigenvalue weighted by Crippen LogP contribution is -2.24. The molecule has 3 rings (SSSR count). The molecule has 1 N–H and O–H groups in total. The summed E-state index contributed by atoms with van der Waals surface area (Å²) in [6.45, 7) is 2.45. The zero-order valence-corrected chi connectivity index (χ0v) is 14.1. The minimum atomic E-state index is -0.682. The third-order valence-electron chi connectivity index (χ3n) is 3.56. The number of aliphatic hydroxyl groups is 1. The van der Waals surface area contributed by atoms with Crippen LogP contribution in [0.1, 0.15) is 5.82 Å². The van der Waals surface area contributed by atoms with Gasteiger partial charge in [0, 0.05) is 5.02 Å². The predicted molar refractivity (Wildman–Crippen MR) is 92.4 cm³/mol. The standard InChI is InChI=1S/C17H16Cl2N2O2/c1-11-20-15-4-2-3-5-16(15)21(11)9-13(22)10-23-17-7-6-12(18)8-14(17)19/h2-8,13,22H,9-10H2,1H3/t13-/m0/s1. The van der Waals surface area contributed by atoms with E-state index in [1.807, 2.05) is 35.8 Å². The van der Waals surface area contributed by atoms with Crippen LogP contribution in [0.4, 0.5) is 0 Å². The molecule has 0 aliphatic rings. The molecule has 0 amide bonds. The molecule has 0 bridgehead atoms. The maximum absolute atomic E-state index is 10.3. The van der Waals surface area contributed by atoms with Crippen molar-refractivity contribution in [3.63, 3.8) is 0 Å². The largest absolute Gasteiger partial charge is 0.489 e. The maximum Gasteiger partial charge on any atom is 0.138 e. The number of hydrogen-bond acceptors (Lipinski definition) is 3. The fraction of sp³-hybridized carbons (Fsp3) is 0.235. The zero-order valence-electron chi connectivity index (χ0n) is 12.5. The molecule has 6 heteroatoms. The molecule has 4 nitrogen and oxygen atoms in total. The van der Waals surface area contributed by atoms with Crippen molar-refractivity contribution < 1.29 is 9.84 Å². The molecular formula is C17H16Cl2N2O2. The Morgan fingerprint density at radius 2 is 2.00 bits per heavy atom. The molecule has 23 heavy (non-hydrogen) atoms. The highest BCUT2D eigenvalue weighted by Crippen LogP contribution is 2.27. The van der Waals surface area contributed by atoms with Crippen molar-refractivity contribution in [2.45, 2.75) is 19.6 Å². The van der Waals surface area contributed by atoms with Crippen LogP contribution in [0.5, 0.6) is 5.75 Å². The second-order valence-corrected chi connectivity index (χ2v) is 6.14. The van der Waals surface area contributed by atoms with E-state index in [9.17, 15) is 5.11 Å². The summed E-state index contributed by atoms with van der Waals surface area (Å²) in [5.41, 5.74) is 1.91. The highest BCUT2D eigenvalue weighted by atomic mass is 35.5. The number of halogens is 2. The van der Waals surface area contributed by atoms with Crippen LogP contribution in [-0.4, -0.2) is 27.4 Å². The monoisotopic (exact) mass is 350 g/mol. The summed E-state index contributed by atoms with van der Waals surface area (Å²) in [6.07, 6.45) is -0.682. The first-order valence-electron chi connectivity index (χ1n) is 7.22. The maximum atomic E-state index is 10.3. The molecule has 1 aromatic heterocycles. The van der Waals surface area contributed by atoms with Gasteiger partial charge in [0.2, 0.25) is 0 Å². The van der Waals surface area contributed by atoms with Crippen molar-refractivity contribution in [1.82, 2.24) is 9.55 Å². The minimum absolute atomic E-state index is 0.132. The topological polar surface area (TPSA) is 47.3 Å². The van der Waals surface area contributed by atoms with Crippen LogP contribution in [0.15, 0.2) is 42.5 Å². The third-order valence-corrected chi connectivity index (χ3v) is 4.09. The Balaban J connectivity index is 1.69. The van der Waals surface area contributed by atoms with Gasteiger partial charge in [-0.3, -0.25) is 0 Å². The van der Waals surface area contributed by atoms with Gasteiger partial charge in [0.15, 0.2) is 0 Å². The smallest absolute Gasteiger partial charge is 0.138 e. The number of fused-ring (bicyclic) bond motifs is 1. The number of aliphatic hydroxyl groups excluding tert-OH is 1. The summed E-state index contributed by atoms with van der Waals surface area (Å²) in [5, 5.41) is 11.2. The molecule has 3 aromatic rings. The molecule has 0 saturated heterocycles. The van der Waals surface area contributed by atoms with Gasteiger partial charge in [0.1, 0.15) is 24.3 Å². The number of aromatic nitrogens is 2. The minimum Gasteiger partial charge on any atom is -0.489 e. The Hall–Kier alpha value is -1.75. The van der Waals surface area contributed by atoms with Gasteiger partial charge in [-0.15, -0.1) is 0 Å². The van der Waals surface area contributed by atoms with E-state index in [4.69, 9.17) is 27.9 Å². The first kappa shape index (κ1) is 16.1. The van der Waals surface area contributed by atoms with Crippen LogP contribution >= 0.6 is 23.2 Å². The Labute approximate surface area is 144 Å². The van der Waals surface area contributed by atoms with Crippen molar-refractivity contribution in [2.75, 3.05) is 6.61 Å². The summed E-state index contributed by atoms with van der Waals surface area (Å²) in [4.78, 5) is 4.48. The second-order valence-electron chi connectivity index (χ2n) is 5.30. The Bertz CT molecular complexity index is 833. The lowest BCUT2D eigenvalue weighted by Gasteiger charge is -2.15. The van der Waals surface area contributed by atoms with E-state index < -0.39 is 6.10 Å². The number of benzene rings is 2. The number of nitrogens with zero attached hydrogens (tertiary/aromatic N) is 2. The van der Waals surface area contributed by atoms with Crippen LogP contribution in [-0.2, 0) is 6.54 Å². The average molecular weight is 351 g/mol. The van der Waals surface area contributed by atoms with Crippen molar-refractivity contribution >= 4 is 34.2 Å². The summed E-state index contributed by atoms with van der Waals surface area (Å²) < 4.78 is 7.56. The van der Waals surface area contributed by atoms with Gasteiger partial charge in [-0.25, -0.2) is 4.98 Å². The molecule has 0 radical (unpaired) electrons. The average Bonchev–Trinajstić information content (AvgIpc) is 2.82. The molecule has 1 atom stereocenters. The van der Waals surface area contributed by atoms with Gasteiger partial charge in [0.25, 0.3) is 0 Å². The van der Waals surface area contributed by atoms with E-state index in [-0.39, 0.29) is 6.61 Å².